The molecule has 0 saturated heterocycles. The number of rotatable bonds is 7. The number of carbonyl (C=O) groups excluding carboxylic acids is 1. The maximum Gasteiger partial charge on any atom is 0.254 e. The van der Waals surface area contributed by atoms with Crippen molar-refractivity contribution >= 4 is 17.7 Å². The molecule has 1 N–H and O–H groups in total. The largest absolute Gasteiger partial charge is 0.352 e. The van der Waals surface area contributed by atoms with Gasteiger partial charge in [-0.1, -0.05) is 24.6 Å². The molecule has 2 aromatic rings. The number of aryl methyl sites for hydroxylation is 1. The van der Waals surface area contributed by atoms with Crippen molar-refractivity contribution in [1.29, 1.82) is 0 Å². The second kappa shape index (κ2) is 8.28. The number of nitrogens with one attached hydrogen (secondary N) is 1. The van der Waals surface area contributed by atoms with Crippen LogP contribution in [0.3, 0.4) is 0 Å². The van der Waals surface area contributed by atoms with Gasteiger partial charge >= 0.3 is 0 Å². The van der Waals surface area contributed by atoms with E-state index in [4.69, 9.17) is 0 Å². The maximum absolute atomic E-state index is 12.0. The Balaban J connectivity index is 1.43. The van der Waals surface area contributed by atoms with Crippen molar-refractivity contribution in [2.24, 2.45) is 0 Å². The average Bonchev–Trinajstić information content (AvgIpc) is 3.27. The van der Waals surface area contributed by atoms with Crippen molar-refractivity contribution in [3.8, 4) is 0 Å². The van der Waals surface area contributed by atoms with Crippen LogP contribution in [0.5, 0.6) is 0 Å². The number of hydrogen-bond donors (Lipinski definition) is 1. The van der Waals surface area contributed by atoms with Crippen LogP contribution in [-0.2, 0) is 13.0 Å². The zero-order chi connectivity index (χ0) is 16.8. The van der Waals surface area contributed by atoms with E-state index in [-0.39, 0.29) is 5.91 Å². The van der Waals surface area contributed by atoms with E-state index in [1.54, 1.807) is 28.8 Å². The molecule has 1 amide bonds. The monoisotopic (exact) mass is 345 g/mol. The van der Waals surface area contributed by atoms with Crippen LogP contribution in [0.1, 0.15) is 48.5 Å². The highest BCUT2D eigenvalue weighted by Crippen LogP contribution is 2.32. The predicted octanol–water partition coefficient (Wildman–Crippen LogP) is 2.70. The smallest absolute Gasteiger partial charge is 0.254 e. The first-order valence-corrected chi connectivity index (χ1v) is 9.41. The van der Waals surface area contributed by atoms with Crippen molar-refractivity contribution in [2.75, 3.05) is 6.54 Å². The van der Waals surface area contributed by atoms with E-state index in [2.05, 4.69) is 20.4 Å². The number of nitrogens with zero attached hydrogens (tertiary/aromatic N) is 4. The van der Waals surface area contributed by atoms with E-state index < -0.39 is 0 Å². The molecule has 1 fully saturated rings. The minimum absolute atomic E-state index is 0.0935. The third-order valence-electron chi connectivity index (χ3n) is 4.17. The maximum atomic E-state index is 12.0. The highest BCUT2D eigenvalue weighted by Gasteiger charge is 2.17. The van der Waals surface area contributed by atoms with E-state index >= 15 is 0 Å². The third kappa shape index (κ3) is 4.56. The van der Waals surface area contributed by atoms with Crippen LogP contribution in [0.15, 0.2) is 29.9 Å². The highest BCUT2D eigenvalue weighted by molar-refractivity contribution is 7.99. The van der Waals surface area contributed by atoms with Crippen molar-refractivity contribution < 1.29 is 4.79 Å². The molecular formula is C17H23N5OS. The summed E-state index contributed by atoms with van der Waals surface area (Å²) in [5.74, 6) is -0.0935. The summed E-state index contributed by atoms with van der Waals surface area (Å²) >= 11 is 1.79. The molecule has 0 aromatic carbocycles. The quantitative estimate of drug-likeness (QED) is 0.781. The van der Waals surface area contributed by atoms with Gasteiger partial charge in [0.1, 0.15) is 0 Å². The Morgan fingerprint density at radius 2 is 2.04 bits per heavy atom. The zero-order valence-electron chi connectivity index (χ0n) is 13.9. The Morgan fingerprint density at radius 3 is 2.71 bits per heavy atom. The van der Waals surface area contributed by atoms with Crippen LogP contribution in [0, 0.1) is 0 Å². The van der Waals surface area contributed by atoms with Gasteiger partial charge in [0.2, 0.25) is 0 Å². The van der Waals surface area contributed by atoms with E-state index in [1.165, 1.54) is 25.7 Å². The molecule has 0 spiro atoms. The van der Waals surface area contributed by atoms with Gasteiger partial charge in [0.05, 0.1) is 11.8 Å². The van der Waals surface area contributed by atoms with Gasteiger partial charge in [-0.05, 0) is 31.7 Å². The highest BCUT2D eigenvalue weighted by atomic mass is 32.2. The van der Waals surface area contributed by atoms with Gasteiger partial charge in [-0.15, -0.1) is 0 Å². The Hall–Kier alpha value is -1.89. The molecule has 0 radical (unpaired) electrons. The first kappa shape index (κ1) is 17.0. The topological polar surface area (TPSA) is 72.7 Å². The molecule has 6 nitrogen and oxygen atoms in total. The Labute approximate surface area is 146 Å². The molecule has 7 heteroatoms. The SMILES string of the molecule is CCn1cc(C(=O)NCCc2cnc(SC3CCCC3)nc2)cn1. The fourth-order valence-corrected chi connectivity index (χ4v) is 3.86. The Kier molecular flexibility index (Phi) is 5.85. The standard InChI is InChI=1S/C17H23N5OS/c1-2-22-12-14(11-21-22)16(23)18-8-7-13-9-19-17(20-10-13)24-15-5-3-4-6-15/h9-12,15H,2-8H2,1H3,(H,18,23). The normalized spacial score (nSPS) is 14.9. The summed E-state index contributed by atoms with van der Waals surface area (Å²) in [5.41, 5.74) is 1.63. The Morgan fingerprint density at radius 1 is 1.29 bits per heavy atom. The molecule has 1 aliphatic carbocycles. The summed E-state index contributed by atoms with van der Waals surface area (Å²) in [7, 11) is 0. The lowest BCUT2D eigenvalue weighted by Gasteiger charge is -2.07. The lowest BCUT2D eigenvalue weighted by atomic mass is 10.2. The zero-order valence-corrected chi connectivity index (χ0v) is 14.8. The van der Waals surface area contributed by atoms with Crippen LogP contribution in [0.4, 0.5) is 0 Å². The number of carbonyl (C=O) groups is 1. The fraction of sp³-hybridized carbons (Fsp3) is 0.529. The number of aromatic nitrogens is 4. The van der Waals surface area contributed by atoms with Crippen LogP contribution in [-0.4, -0.2) is 37.5 Å². The molecule has 128 valence electrons. The molecule has 1 aliphatic rings. The second-order valence-corrected chi connectivity index (χ2v) is 7.26. The number of thioether (sulfide) groups is 1. The Bertz CT molecular complexity index is 664. The summed E-state index contributed by atoms with van der Waals surface area (Å²) < 4.78 is 1.74. The summed E-state index contributed by atoms with van der Waals surface area (Å²) in [6, 6.07) is 0. The minimum atomic E-state index is -0.0935. The molecule has 0 atom stereocenters. The van der Waals surface area contributed by atoms with Gasteiger partial charge in [0, 0.05) is 36.9 Å². The molecule has 3 rings (SSSR count). The number of hydrogen-bond acceptors (Lipinski definition) is 5. The van der Waals surface area contributed by atoms with Gasteiger partial charge in [0.15, 0.2) is 5.16 Å². The van der Waals surface area contributed by atoms with Gasteiger partial charge in [-0.2, -0.15) is 5.10 Å². The molecule has 2 heterocycles. The molecule has 2 aromatic heterocycles. The third-order valence-corrected chi connectivity index (χ3v) is 5.40. The van der Waals surface area contributed by atoms with Crippen molar-refractivity contribution in [3.05, 3.63) is 35.9 Å². The van der Waals surface area contributed by atoms with E-state index in [0.717, 1.165) is 23.7 Å². The van der Waals surface area contributed by atoms with Crippen molar-refractivity contribution in [3.63, 3.8) is 0 Å². The molecule has 1 saturated carbocycles. The first-order valence-electron chi connectivity index (χ1n) is 8.53. The lowest BCUT2D eigenvalue weighted by molar-refractivity contribution is 0.0954. The molecule has 0 aliphatic heterocycles. The van der Waals surface area contributed by atoms with Crippen LogP contribution in [0.2, 0.25) is 0 Å². The van der Waals surface area contributed by atoms with Gasteiger partial charge in [-0.25, -0.2) is 9.97 Å². The number of amides is 1. The summed E-state index contributed by atoms with van der Waals surface area (Å²) in [4.78, 5) is 20.9. The van der Waals surface area contributed by atoms with Crippen molar-refractivity contribution in [2.45, 2.75) is 56.0 Å². The first-order chi connectivity index (χ1) is 11.7. The summed E-state index contributed by atoms with van der Waals surface area (Å²) in [5, 5.41) is 8.55. The van der Waals surface area contributed by atoms with Crippen LogP contribution < -0.4 is 5.32 Å². The molecular weight excluding hydrogens is 322 g/mol. The van der Waals surface area contributed by atoms with Crippen LogP contribution >= 0.6 is 11.8 Å². The average molecular weight is 345 g/mol. The van der Waals surface area contributed by atoms with Gasteiger partial charge in [0.25, 0.3) is 5.91 Å². The van der Waals surface area contributed by atoms with Crippen LogP contribution in [0.25, 0.3) is 0 Å². The van der Waals surface area contributed by atoms with Gasteiger partial charge < -0.3 is 5.32 Å². The van der Waals surface area contributed by atoms with E-state index in [1.807, 2.05) is 19.3 Å². The molecule has 24 heavy (non-hydrogen) atoms. The van der Waals surface area contributed by atoms with Gasteiger partial charge in [-0.3, -0.25) is 9.48 Å². The summed E-state index contributed by atoms with van der Waals surface area (Å²) in [6.07, 6.45) is 13.0. The van der Waals surface area contributed by atoms with Crippen molar-refractivity contribution in [1.82, 2.24) is 25.1 Å². The predicted molar refractivity (Wildman–Crippen MR) is 94.1 cm³/mol. The molecule has 0 unspecified atom stereocenters. The second-order valence-electron chi connectivity index (χ2n) is 5.99. The summed E-state index contributed by atoms with van der Waals surface area (Å²) in [6.45, 7) is 3.31. The van der Waals surface area contributed by atoms with E-state index in [9.17, 15) is 4.79 Å². The minimum Gasteiger partial charge on any atom is -0.352 e. The lowest BCUT2D eigenvalue weighted by Crippen LogP contribution is -2.25. The molecule has 0 bridgehead atoms. The van der Waals surface area contributed by atoms with E-state index in [0.29, 0.717) is 17.4 Å². The fourth-order valence-electron chi connectivity index (χ4n) is 2.76.